The Balaban J connectivity index is 0.00000272. The van der Waals surface area contributed by atoms with Crippen LogP contribution in [0.5, 0.6) is 0 Å². The first-order valence-corrected chi connectivity index (χ1v) is 10.8. The van der Waals surface area contributed by atoms with Gasteiger partial charge in [0, 0.05) is 56.2 Å². The van der Waals surface area contributed by atoms with Crippen molar-refractivity contribution < 1.29 is 8.78 Å². The van der Waals surface area contributed by atoms with E-state index in [4.69, 9.17) is 0 Å². The van der Waals surface area contributed by atoms with Crippen LogP contribution in [-0.2, 0) is 0 Å². The first-order chi connectivity index (χ1) is 14.5. The molecule has 1 fully saturated rings. The Labute approximate surface area is 200 Å². The van der Waals surface area contributed by atoms with E-state index in [0.29, 0.717) is 5.69 Å². The van der Waals surface area contributed by atoms with Gasteiger partial charge in [0.2, 0.25) is 0 Å². The Kier molecular flexibility index (Phi) is 8.01. The molecule has 0 radical (unpaired) electrons. The highest BCUT2D eigenvalue weighted by Gasteiger charge is 2.17. The summed E-state index contributed by atoms with van der Waals surface area (Å²) in [6.45, 7) is 6.02. The van der Waals surface area contributed by atoms with Crippen molar-refractivity contribution in [1.82, 2.24) is 19.7 Å². The number of halogens is 4. The number of hydrogen-bond donors (Lipinski definition) is 0. The van der Waals surface area contributed by atoms with E-state index >= 15 is 0 Å². The average molecular weight is 558 g/mol. The summed E-state index contributed by atoms with van der Waals surface area (Å²) < 4.78 is 29.8. The molecule has 0 atom stereocenters. The van der Waals surface area contributed by atoms with Crippen LogP contribution in [0.3, 0.4) is 0 Å². The number of hydrogen-bond acceptors (Lipinski definition) is 4. The van der Waals surface area contributed by atoms with Crippen molar-refractivity contribution in [1.29, 1.82) is 0 Å². The first kappa shape index (κ1) is 23.6. The van der Waals surface area contributed by atoms with Gasteiger partial charge in [0.05, 0.1) is 15.5 Å². The van der Waals surface area contributed by atoms with Gasteiger partial charge in [0.1, 0.15) is 11.6 Å². The standard InChI is InChI=1S/C22H22F2IN5.ClH/c1-16-17(15-27-30(16)22-21(25)5-2-6-26-22)4-3-7-28-8-10-29(11-9-28)20-13-18(23)12-19(24)14-20;/h2-6,12-15H,7-11H2,1H3;1H/b4-3+;. The van der Waals surface area contributed by atoms with E-state index in [9.17, 15) is 8.78 Å². The molecule has 9 heteroatoms. The zero-order valence-corrected chi connectivity index (χ0v) is 20.0. The van der Waals surface area contributed by atoms with Gasteiger partial charge in [-0.3, -0.25) is 4.90 Å². The zero-order chi connectivity index (χ0) is 21.1. The Morgan fingerprint density at radius 3 is 2.48 bits per heavy atom. The first-order valence-electron chi connectivity index (χ1n) is 9.77. The van der Waals surface area contributed by atoms with E-state index in [2.05, 4.69) is 49.7 Å². The van der Waals surface area contributed by atoms with Gasteiger partial charge in [-0.05, 0) is 53.8 Å². The minimum atomic E-state index is -0.535. The number of rotatable bonds is 5. The fourth-order valence-corrected chi connectivity index (χ4v) is 4.15. The Morgan fingerprint density at radius 1 is 1.10 bits per heavy atom. The van der Waals surface area contributed by atoms with Gasteiger partial charge < -0.3 is 4.90 Å². The summed E-state index contributed by atoms with van der Waals surface area (Å²) in [5.41, 5.74) is 2.71. The van der Waals surface area contributed by atoms with Crippen LogP contribution in [0.25, 0.3) is 11.9 Å². The monoisotopic (exact) mass is 557 g/mol. The largest absolute Gasteiger partial charge is 0.369 e. The molecule has 3 aromatic rings. The molecule has 1 aromatic carbocycles. The lowest BCUT2D eigenvalue weighted by molar-refractivity contribution is 0.284. The zero-order valence-electron chi connectivity index (χ0n) is 17.0. The number of piperazine rings is 1. The summed E-state index contributed by atoms with van der Waals surface area (Å²) in [6.07, 6.45) is 7.84. The summed E-state index contributed by atoms with van der Waals surface area (Å²) >= 11 is 2.26. The smallest absolute Gasteiger partial charge is 0.167 e. The van der Waals surface area contributed by atoms with Crippen LogP contribution in [0, 0.1) is 22.1 Å². The summed E-state index contributed by atoms with van der Waals surface area (Å²) in [4.78, 5) is 8.77. The summed E-state index contributed by atoms with van der Waals surface area (Å²) in [5.74, 6) is -0.238. The highest BCUT2D eigenvalue weighted by molar-refractivity contribution is 14.1. The second kappa shape index (κ2) is 10.5. The van der Waals surface area contributed by atoms with Crippen LogP contribution in [0.15, 0.2) is 48.8 Å². The Morgan fingerprint density at radius 2 is 1.81 bits per heavy atom. The van der Waals surface area contributed by atoms with E-state index in [0.717, 1.165) is 59.4 Å². The molecule has 1 saturated heterocycles. The van der Waals surface area contributed by atoms with Crippen molar-refractivity contribution in [2.75, 3.05) is 37.6 Å². The van der Waals surface area contributed by atoms with Gasteiger partial charge in [-0.25, -0.2) is 18.4 Å². The molecule has 0 aliphatic carbocycles. The maximum Gasteiger partial charge on any atom is 0.167 e. The number of anilines is 1. The molecule has 2 aromatic heterocycles. The van der Waals surface area contributed by atoms with E-state index in [1.54, 1.807) is 6.20 Å². The summed E-state index contributed by atoms with van der Waals surface area (Å²) in [7, 11) is 0. The van der Waals surface area contributed by atoms with Gasteiger partial charge >= 0.3 is 0 Å². The highest BCUT2D eigenvalue weighted by Crippen LogP contribution is 2.20. The lowest BCUT2D eigenvalue weighted by Crippen LogP contribution is -2.46. The van der Waals surface area contributed by atoms with Crippen molar-refractivity contribution in [3.8, 4) is 5.82 Å². The maximum atomic E-state index is 13.5. The van der Waals surface area contributed by atoms with Crippen molar-refractivity contribution in [3.63, 3.8) is 0 Å². The van der Waals surface area contributed by atoms with Crippen molar-refractivity contribution in [2.45, 2.75) is 6.92 Å². The van der Waals surface area contributed by atoms with Crippen LogP contribution < -0.4 is 4.90 Å². The van der Waals surface area contributed by atoms with Gasteiger partial charge in [0.25, 0.3) is 0 Å². The van der Waals surface area contributed by atoms with Crippen LogP contribution in [0.2, 0.25) is 0 Å². The van der Waals surface area contributed by atoms with E-state index in [1.807, 2.05) is 34.8 Å². The topological polar surface area (TPSA) is 37.2 Å². The lowest BCUT2D eigenvalue weighted by Gasteiger charge is -2.35. The molecule has 0 amide bonds. The predicted molar refractivity (Wildman–Crippen MR) is 130 cm³/mol. The molecule has 0 unspecified atom stereocenters. The molecule has 0 spiro atoms. The quantitative estimate of drug-likeness (QED) is 0.426. The van der Waals surface area contributed by atoms with Crippen molar-refractivity contribution >= 4 is 46.8 Å². The number of aromatic nitrogens is 3. The third kappa shape index (κ3) is 5.61. The third-order valence-electron chi connectivity index (χ3n) is 5.23. The SMILES string of the molecule is Cc1c(/C=C/CN2CCN(c3cc(F)cc(F)c3)CC2)cnn1-c1ncccc1I.Cl. The van der Waals surface area contributed by atoms with Crippen molar-refractivity contribution in [2.24, 2.45) is 0 Å². The van der Waals surface area contributed by atoms with E-state index in [-0.39, 0.29) is 12.4 Å². The van der Waals surface area contributed by atoms with Crippen molar-refractivity contribution in [3.05, 3.63) is 75.3 Å². The third-order valence-corrected chi connectivity index (χ3v) is 6.08. The van der Waals surface area contributed by atoms with E-state index in [1.165, 1.54) is 12.1 Å². The van der Waals surface area contributed by atoms with Gasteiger partial charge in [-0.2, -0.15) is 5.10 Å². The highest BCUT2D eigenvalue weighted by atomic mass is 127. The van der Waals surface area contributed by atoms with Gasteiger partial charge in [-0.15, -0.1) is 12.4 Å². The number of pyridine rings is 1. The normalized spacial score (nSPS) is 14.8. The molecular formula is C22H23ClF2IN5. The maximum absolute atomic E-state index is 13.5. The molecule has 1 aliphatic heterocycles. The summed E-state index contributed by atoms with van der Waals surface area (Å²) in [6, 6.07) is 7.61. The Hall–Kier alpha value is -2.04. The average Bonchev–Trinajstić information content (AvgIpc) is 3.08. The molecule has 3 heterocycles. The molecule has 164 valence electrons. The van der Waals surface area contributed by atoms with Gasteiger partial charge in [0.15, 0.2) is 5.82 Å². The molecule has 0 N–H and O–H groups in total. The second-order valence-electron chi connectivity index (χ2n) is 7.22. The molecule has 5 nitrogen and oxygen atoms in total. The predicted octanol–water partition coefficient (Wildman–Crippen LogP) is 4.72. The Bertz CT molecular complexity index is 1040. The molecule has 0 bridgehead atoms. The van der Waals surface area contributed by atoms with Crippen LogP contribution in [-0.4, -0.2) is 52.4 Å². The van der Waals surface area contributed by atoms with Crippen LogP contribution >= 0.6 is 35.0 Å². The number of benzene rings is 1. The van der Waals surface area contributed by atoms with E-state index < -0.39 is 11.6 Å². The minimum Gasteiger partial charge on any atom is -0.369 e. The lowest BCUT2D eigenvalue weighted by atomic mass is 10.2. The van der Waals surface area contributed by atoms with Crippen LogP contribution in [0.4, 0.5) is 14.5 Å². The molecule has 31 heavy (non-hydrogen) atoms. The molecule has 4 rings (SSSR count). The fourth-order valence-electron chi connectivity index (χ4n) is 3.57. The molecule has 0 saturated carbocycles. The summed E-state index contributed by atoms with van der Waals surface area (Å²) in [5, 5.41) is 4.49. The fraction of sp³-hybridized carbons (Fsp3) is 0.273. The second-order valence-corrected chi connectivity index (χ2v) is 8.39. The minimum absolute atomic E-state index is 0. The molecular weight excluding hydrogens is 535 g/mol. The molecule has 1 aliphatic rings. The van der Waals surface area contributed by atoms with Crippen LogP contribution in [0.1, 0.15) is 11.3 Å². The number of nitrogens with zero attached hydrogens (tertiary/aromatic N) is 5. The van der Waals surface area contributed by atoms with Gasteiger partial charge in [-0.1, -0.05) is 12.2 Å².